The average molecular weight is 334 g/mol. The summed E-state index contributed by atoms with van der Waals surface area (Å²) >= 11 is 0. The minimum absolute atomic E-state index is 0.111. The highest BCUT2D eigenvalue weighted by atomic mass is 32.2. The largest absolute Gasteiger partial charge is 0.361 e. The van der Waals surface area contributed by atoms with E-state index in [0.717, 1.165) is 22.6 Å². The Bertz CT molecular complexity index is 764. The van der Waals surface area contributed by atoms with E-state index in [2.05, 4.69) is 9.88 Å². The van der Waals surface area contributed by atoms with Crippen LogP contribution in [0.5, 0.6) is 0 Å². The second-order valence-corrected chi connectivity index (χ2v) is 8.29. The van der Waals surface area contributed by atoms with Gasteiger partial charge in [-0.1, -0.05) is 35.5 Å². The molecule has 0 saturated heterocycles. The Balaban J connectivity index is 1.63. The van der Waals surface area contributed by atoms with E-state index in [-0.39, 0.29) is 17.2 Å². The highest BCUT2D eigenvalue weighted by Gasteiger charge is 2.48. The Labute approximate surface area is 137 Å². The highest BCUT2D eigenvalue weighted by molar-refractivity contribution is 7.90. The minimum Gasteiger partial charge on any atom is -0.361 e. The molecule has 6 heteroatoms. The van der Waals surface area contributed by atoms with Gasteiger partial charge in [0.25, 0.3) is 0 Å². The van der Waals surface area contributed by atoms with Crippen LogP contribution in [0.25, 0.3) is 0 Å². The van der Waals surface area contributed by atoms with Crippen LogP contribution in [0.3, 0.4) is 0 Å². The van der Waals surface area contributed by atoms with Gasteiger partial charge in [-0.3, -0.25) is 0 Å². The number of aryl methyl sites for hydroxylation is 2. The third-order valence-corrected chi connectivity index (χ3v) is 6.46. The van der Waals surface area contributed by atoms with E-state index in [1.165, 1.54) is 0 Å². The molecule has 3 unspecified atom stereocenters. The van der Waals surface area contributed by atoms with Crippen LogP contribution in [0.4, 0.5) is 0 Å². The lowest BCUT2D eigenvalue weighted by atomic mass is 10.1. The summed E-state index contributed by atoms with van der Waals surface area (Å²) in [5.74, 6) is 0.863. The molecule has 0 amide bonds. The molecule has 5 nitrogen and oxygen atoms in total. The Morgan fingerprint density at radius 3 is 2.61 bits per heavy atom. The molecule has 124 valence electrons. The zero-order chi connectivity index (χ0) is 16.6. The molecular formula is C17H22N2O3S. The van der Waals surface area contributed by atoms with Crippen molar-refractivity contribution in [2.24, 2.45) is 0 Å². The second kappa shape index (κ2) is 6.09. The van der Waals surface area contributed by atoms with Gasteiger partial charge in [0.1, 0.15) is 5.76 Å². The topological polar surface area (TPSA) is 72.2 Å². The monoisotopic (exact) mass is 334 g/mol. The van der Waals surface area contributed by atoms with Gasteiger partial charge in [-0.05, 0) is 39.2 Å². The molecule has 0 radical (unpaired) electrons. The van der Waals surface area contributed by atoms with Gasteiger partial charge in [0.2, 0.25) is 10.0 Å². The summed E-state index contributed by atoms with van der Waals surface area (Å²) in [7, 11) is -3.31. The predicted molar refractivity (Wildman–Crippen MR) is 88.8 cm³/mol. The van der Waals surface area contributed by atoms with Crippen LogP contribution in [-0.2, 0) is 16.4 Å². The first kappa shape index (κ1) is 16.2. The molecule has 1 aliphatic carbocycles. The van der Waals surface area contributed by atoms with E-state index in [4.69, 9.17) is 4.52 Å². The summed E-state index contributed by atoms with van der Waals surface area (Å²) in [6, 6.07) is 9.64. The van der Waals surface area contributed by atoms with Crippen LogP contribution in [-0.4, -0.2) is 24.9 Å². The van der Waals surface area contributed by atoms with Gasteiger partial charge >= 0.3 is 0 Å². The summed E-state index contributed by atoms with van der Waals surface area (Å²) in [5, 5.41) is 3.59. The molecule has 3 rings (SSSR count). The molecule has 23 heavy (non-hydrogen) atoms. The van der Waals surface area contributed by atoms with Crippen LogP contribution in [0.1, 0.15) is 41.8 Å². The Morgan fingerprint density at radius 2 is 2.00 bits per heavy atom. The zero-order valence-electron chi connectivity index (χ0n) is 13.6. The molecule has 0 bridgehead atoms. The van der Waals surface area contributed by atoms with Gasteiger partial charge in [-0.15, -0.1) is 0 Å². The second-order valence-electron chi connectivity index (χ2n) is 6.36. The van der Waals surface area contributed by atoms with Gasteiger partial charge in [0.05, 0.1) is 10.9 Å². The maximum absolute atomic E-state index is 12.5. The quantitative estimate of drug-likeness (QED) is 0.881. The maximum Gasteiger partial charge on any atom is 0.215 e. The smallest absolute Gasteiger partial charge is 0.215 e. The summed E-state index contributed by atoms with van der Waals surface area (Å²) in [6.45, 7) is 5.60. The van der Waals surface area contributed by atoms with E-state index in [1.54, 1.807) is 0 Å². The molecule has 3 atom stereocenters. The minimum atomic E-state index is -3.31. The lowest BCUT2D eigenvalue weighted by molar-refractivity contribution is 0.392. The molecule has 1 saturated carbocycles. The van der Waals surface area contributed by atoms with E-state index >= 15 is 0 Å². The van der Waals surface area contributed by atoms with Gasteiger partial charge in [0, 0.05) is 17.5 Å². The third kappa shape index (κ3) is 3.48. The molecule has 1 aromatic carbocycles. The lowest BCUT2D eigenvalue weighted by Crippen LogP contribution is -2.37. The van der Waals surface area contributed by atoms with E-state index < -0.39 is 10.0 Å². The first-order valence-corrected chi connectivity index (χ1v) is 9.41. The predicted octanol–water partition coefficient (Wildman–Crippen LogP) is 2.70. The van der Waals surface area contributed by atoms with Crippen molar-refractivity contribution >= 4 is 10.0 Å². The van der Waals surface area contributed by atoms with Gasteiger partial charge in [0.15, 0.2) is 0 Å². The van der Waals surface area contributed by atoms with Gasteiger partial charge in [-0.25, -0.2) is 13.1 Å². The number of hydrogen-bond acceptors (Lipinski definition) is 4. The summed E-state index contributed by atoms with van der Waals surface area (Å²) in [5.41, 5.74) is 2.90. The van der Waals surface area contributed by atoms with Crippen molar-refractivity contribution in [3.05, 3.63) is 52.9 Å². The zero-order valence-corrected chi connectivity index (χ0v) is 14.4. The van der Waals surface area contributed by atoms with E-state index in [0.29, 0.717) is 12.8 Å². The van der Waals surface area contributed by atoms with Gasteiger partial charge < -0.3 is 4.52 Å². The van der Waals surface area contributed by atoms with Crippen molar-refractivity contribution in [1.82, 2.24) is 9.88 Å². The molecule has 0 aliphatic heterocycles. The van der Waals surface area contributed by atoms with Crippen molar-refractivity contribution in [2.45, 2.75) is 50.8 Å². The number of rotatable bonds is 6. The van der Waals surface area contributed by atoms with Crippen LogP contribution in [0, 0.1) is 13.8 Å². The molecule has 1 aromatic heterocycles. The Hall–Kier alpha value is -1.66. The fourth-order valence-electron chi connectivity index (χ4n) is 3.07. The Morgan fingerprint density at radius 1 is 1.30 bits per heavy atom. The number of sulfonamides is 1. The van der Waals surface area contributed by atoms with Crippen molar-refractivity contribution in [2.75, 3.05) is 0 Å². The third-order valence-electron chi connectivity index (χ3n) is 4.42. The number of benzene rings is 1. The SMILES string of the molecule is Cc1noc(C)c1CC(C)NS(=O)(=O)C1CC1c1ccccc1. The number of nitrogens with zero attached hydrogens (tertiary/aromatic N) is 1. The molecule has 1 aliphatic rings. The first-order chi connectivity index (χ1) is 10.9. The van der Waals surface area contributed by atoms with Crippen molar-refractivity contribution < 1.29 is 12.9 Å². The summed E-state index contributed by atoms with van der Waals surface area (Å²) in [6.07, 6.45) is 1.28. The first-order valence-electron chi connectivity index (χ1n) is 7.86. The Kier molecular flexibility index (Phi) is 4.29. The molecule has 0 spiro atoms. The lowest BCUT2D eigenvalue weighted by Gasteiger charge is -2.14. The van der Waals surface area contributed by atoms with Gasteiger partial charge in [-0.2, -0.15) is 0 Å². The number of aromatic nitrogens is 1. The van der Waals surface area contributed by atoms with Crippen LogP contribution in [0.2, 0.25) is 0 Å². The highest BCUT2D eigenvalue weighted by Crippen LogP contribution is 2.45. The van der Waals surface area contributed by atoms with Crippen molar-refractivity contribution in [3.8, 4) is 0 Å². The average Bonchev–Trinajstić information content (AvgIpc) is 3.26. The van der Waals surface area contributed by atoms with Crippen molar-refractivity contribution in [1.29, 1.82) is 0 Å². The standard InChI is InChI=1S/C17H22N2O3S/c1-11(9-15-12(2)18-22-13(15)3)19-23(20,21)17-10-16(17)14-7-5-4-6-8-14/h4-8,11,16-17,19H,9-10H2,1-3H3. The molecule has 1 heterocycles. The molecule has 1 fully saturated rings. The normalized spacial score (nSPS) is 22.0. The fraction of sp³-hybridized carbons (Fsp3) is 0.471. The molecule has 1 N–H and O–H groups in total. The van der Waals surface area contributed by atoms with Crippen LogP contribution in [0.15, 0.2) is 34.9 Å². The maximum atomic E-state index is 12.5. The van der Waals surface area contributed by atoms with E-state index in [1.807, 2.05) is 51.1 Å². The van der Waals surface area contributed by atoms with Crippen LogP contribution < -0.4 is 4.72 Å². The van der Waals surface area contributed by atoms with Crippen LogP contribution >= 0.6 is 0 Å². The molecular weight excluding hydrogens is 312 g/mol. The van der Waals surface area contributed by atoms with E-state index in [9.17, 15) is 8.42 Å². The number of hydrogen-bond donors (Lipinski definition) is 1. The summed E-state index contributed by atoms with van der Waals surface area (Å²) < 4.78 is 33.0. The number of nitrogens with one attached hydrogen (secondary N) is 1. The molecule has 2 aromatic rings. The summed E-state index contributed by atoms with van der Waals surface area (Å²) in [4.78, 5) is 0. The fourth-order valence-corrected chi connectivity index (χ4v) is 4.94. The van der Waals surface area contributed by atoms with Crippen molar-refractivity contribution in [3.63, 3.8) is 0 Å².